The van der Waals surface area contributed by atoms with Crippen LogP contribution in [0.2, 0.25) is 0 Å². The van der Waals surface area contributed by atoms with Crippen molar-refractivity contribution in [3.63, 3.8) is 0 Å². The Morgan fingerprint density at radius 3 is 2.60 bits per heavy atom. The van der Waals surface area contributed by atoms with Gasteiger partial charge in [0, 0.05) is 13.1 Å². The van der Waals surface area contributed by atoms with Gasteiger partial charge in [-0.2, -0.15) is 5.10 Å². The number of nitrogens with two attached hydrogens (primary N) is 1. The topological polar surface area (TPSA) is 62.3 Å². The lowest BCUT2D eigenvalue weighted by Gasteiger charge is -2.09. The van der Waals surface area contributed by atoms with Crippen LogP contribution in [0.1, 0.15) is 32.4 Å². The molecule has 0 unspecified atom stereocenters. The number of rotatable bonds is 5. The van der Waals surface area contributed by atoms with E-state index in [1.165, 1.54) is 0 Å². The molecule has 1 heterocycles. The fraction of sp³-hybridized carbons (Fsp3) is 0.400. The van der Waals surface area contributed by atoms with Crippen LogP contribution in [0.5, 0.6) is 17.4 Å². The first-order valence-corrected chi connectivity index (χ1v) is 6.76. The van der Waals surface area contributed by atoms with Crippen molar-refractivity contribution in [2.24, 2.45) is 7.05 Å². The van der Waals surface area contributed by atoms with Gasteiger partial charge in [0.15, 0.2) is 0 Å². The molecule has 1 aromatic carbocycles. The van der Waals surface area contributed by atoms with Gasteiger partial charge < -0.3 is 15.2 Å². The van der Waals surface area contributed by atoms with E-state index in [1.807, 2.05) is 38.2 Å². The highest BCUT2D eigenvalue weighted by Gasteiger charge is 2.17. The molecule has 0 fully saturated rings. The normalized spacial score (nSPS) is 10.8. The SMILES string of the molecule is CCOc1cccc(Oc2c(N)c(C(C)C)nn2C)c1. The molecule has 1 aromatic heterocycles. The molecule has 0 amide bonds. The molecular weight excluding hydrogens is 254 g/mol. The summed E-state index contributed by atoms with van der Waals surface area (Å²) in [7, 11) is 1.82. The van der Waals surface area contributed by atoms with Crippen LogP contribution in [-0.4, -0.2) is 16.4 Å². The number of aromatic nitrogens is 2. The summed E-state index contributed by atoms with van der Waals surface area (Å²) in [5, 5.41) is 4.40. The van der Waals surface area contributed by atoms with Crippen LogP contribution in [0.3, 0.4) is 0 Å². The second-order valence-electron chi connectivity index (χ2n) is 4.89. The fourth-order valence-corrected chi connectivity index (χ4v) is 2.00. The zero-order valence-electron chi connectivity index (χ0n) is 12.4. The Kier molecular flexibility index (Phi) is 4.17. The predicted octanol–water partition coefficient (Wildman–Crippen LogP) is 3.32. The highest BCUT2D eigenvalue weighted by atomic mass is 16.5. The molecule has 108 valence electrons. The van der Waals surface area contributed by atoms with Crippen LogP contribution in [0.25, 0.3) is 0 Å². The maximum absolute atomic E-state index is 6.11. The Morgan fingerprint density at radius 2 is 2.00 bits per heavy atom. The van der Waals surface area contributed by atoms with Crippen LogP contribution >= 0.6 is 0 Å². The summed E-state index contributed by atoms with van der Waals surface area (Å²) in [6.07, 6.45) is 0. The molecule has 2 aromatic rings. The Hall–Kier alpha value is -2.17. The predicted molar refractivity (Wildman–Crippen MR) is 79.4 cm³/mol. The Morgan fingerprint density at radius 1 is 1.30 bits per heavy atom. The number of hydrogen-bond acceptors (Lipinski definition) is 4. The molecule has 0 aliphatic carbocycles. The number of nitrogen functional groups attached to an aromatic ring is 1. The smallest absolute Gasteiger partial charge is 0.241 e. The van der Waals surface area contributed by atoms with E-state index in [4.69, 9.17) is 15.2 Å². The summed E-state index contributed by atoms with van der Waals surface area (Å²) >= 11 is 0. The molecule has 2 rings (SSSR count). The van der Waals surface area contributed by atoms with E-state index in [0.717, 1.165) is 11.4 Å². The lowest BCUT2D eigenvalue weighted by atomic mass is 10.1. The van der Waals surface area contributed by atoms with E-state index in [2.05, 4.69) is 18.9 Å². The molecular formula is C15H21N3O2. The second kappa shape index (κ2) is 5.86. The van der Waals surface area contributed by atoms with Gasteiger partial charge in [0.2, 0.25) is 5.88 Å². The van der Waals surface area contributed by atoms with E-state index in [9.17, 15) is 0 Å². The maximum Gasteiger partial charge on any atom is 0.241 e. The van der Waals surface area contributed by atoms with Crippen molar-refractivity contribution < 1.29 is 9.47 Å². The lowest BCUT2D eigenvalue weighted by Crippen LogP contribution is -1.97. The number of aryl methyl sites for hydroxylation is 1. The van der Waals surface area contributed by atoms with Crippen LogP contribution in [-0.2, 0) is 7.05 Å². The van der Waals surface area contributed by atoms with Crippen LogP contribution in [0, 0.1) is 0 Å². The molecule has 0 aliphatic rings. The van der Waals surface area contributed by atoms with Crippen LogP contribution in [0.4, 0.5) is 5.69 Å². The van der Waals surface area contributed by atoms with E-state index in [-0.39, 0.29) is 5.92 Å². The minimum Gasteiger partial charge on any atom is -0.494 e. The van der Waals surface area contributed by atoms with Gasteiger partial charge >= 0.3 is 0 Å². The van der Waals surface area contributed by atoms with Crippen molar-refractivity contribution in [3.8, 4) is 17.4 Å². The zero-order valence-corrected chi connectivity index (χ0v) is 12.4. The molecule has 0 radical (unpaired) electrons. The number of nitrogens with zero attached hydrogens (tertiary/aromatic N) is 2. The first kappa shape index (κ1) is 14.2. The first-order chi connectivity index (χ1) is 9.52. The molecule has 2 N–H and O–H groups in total. The van der Waals surface area contributed by atoms with E-state index >= 15 is 0 Å². The summed E-state index contributed by atoms with van der Waals surface area (Å²) < 4.78 is 13.0. The summed E-state index contributed by atoms with van der Waals surface area (Å²) in [6, 6.07) is 7.48. The van der Waals surface area contributed by atoms with Crippen molar-refractivity contribution in [1.29, 1.82) is 0 Å². The van der Waals surface area contributed by atoms with Gasteiger partial charge in [0.1, 0.15) is 17.2 Å². The number of benzene rings is 1. The maximum atomic E-state index is 6.11. The van der Waals surface area contributed by atoms with Gasteiger partial charge in [-0.05, 0) is 25.0 Å². The monoisotopic (exact) mass is 275 g/mol. The van der Waals surface area contributed by atoms with E-state index in [0.29, 0.717) is 23.9 Å². The molecule has 5 nitrogen and oxygen atoms in total. The number of hydrogen-bond donors (Lipinski definition) is 1. The molecule has 20 heavy (non-hydrogen) atoms. The minimum absolute atomic E-state index is 0.258. The van der Waals surface area contributed by atoms with Crippen molar-refractivity contribution in [2.45, 2.75) is 26.7 Å². The average Bonchev–Trinajstić information content (AvgIpc) is 2.68. The third kappa shape index (κ3) is 2.87. The van der Waals surface area contributed by atoms with Crippen molar-refractivity contribution >= 4 is 5.69 Å². The lowest BCUT2D eigenvalue weighted by molar-refractivity contribution is 0.337. The zero-order chi connectivity index (χ0) is 14.7. The molecule has 0 atom stereocenters. The van der Waals surface area contributed by atoms with Crippen molar-refractivity contribution in [1.82, 2.24) is 9.78 Å². The Balaban J connectivity index is 2.28. The minimum atomic E-state index is 0.258. The van der Waals surface area contributed by atoms with Gasteiger partial charge in [0.25, 0.3) is 0 Å². The van der Waals surface area contributed by atoms with Gasteiger partial charge in [-0.15, -0.1) is 0 Å². The summed E-state index contributed by atoms with van der Waals surface area (Å²) in [6.45, 7) is 6.67. The summed E-state index contributed by atoms with van der Waals surface area (Å²) in [4.78, 5) is 0. The quantitative estimate of drug-likeness (QED) is 0.909. The Bertz CT molecular complexity index is 591. The second-order valence-corrected chi connectivity index (χ2v) is 4.89. The largest absolute Gasteiger partial charge is 0.494 e. The average molecular weight is 275 g/mol. The van der Waals surface area contributed by atoms with E-state index < -0.39 is 0 Å². The molecule has 0 aliphatic heterocycles. The fourth-order valence-electron chi connectivity index (χ4n) is 2.00. The summed E-state index contributed by atoms with van der Waals surface area (Å²) in [5.41, 5.74) is 7.55. The van der Waals surface area contributed by atoms with Crippen molar-refractivity contribution in [3.05, 3.63) is 30.0 Å². The number of ether oxygens (including phenoxy) is 2. The highest BCUT2D eigenvalue weighted by Crippen LogP contribution is 2.33. The van der Waals surface area contributed by atoms with Crippen LogP contribution in [0.15, 0.2) is 24.3 Å². The highest BCUT2D eigenvalue weighted by molar-refractivity contribution is 5.55. The van der Waals surface area contributed by atoms with Gasteiger partial charge in [-0.25, -0.2) is 4.68 Å². The molecule has 0 saturated heterocycles. The molecule has 5 heteroatoms. The first-order valence-electron chi connectivity index (χ1n) is 6.76. The van der Waals surface area contributed by atoms with Crippen molar-refractivity contribution in [2.75, 3.05) is 12.3 Å². The van der Waals surface area contributed by atoms with Crippen LogP contribution < -0.4 is 15.2 Å². The molecule has 0 spiro atoms. The standard InChI is InChI=1S/C15H21N3O2/c1-5-19-11-7-6-8-12(9-11)20-15-13(16)14(10(2)3)17-18(15)4/h6-10H,5,16H2,1-4H3. The Labute approximate surface area is 119 Å². The third-order valence-corrected chi connectivity index (χ3v) is 2.94. The third-order valence-electron chi connectivity index (χ3n) is 2.94. The molecule has 0 bridgehead atoms. The van der Waals surface area contributed by atoms with Gasteiger partial charge in [-0.3, -0.25) is 0 Å². The molecule has 0 saturated carbocycles. The summed E-state index contributed by atoms with van der Waals surface area (Å²) in [5.74, 6) is 2.27. The number of anilines is 1. The van der Waals surface area contributed by atoms with E-state index in [1.54, 1.807) is 4.68 Å². The van der Waals surface area contributed by atoms with Gasteiger partial charge in [0.05, 0.1) is 12.3 Å². The van der Waals surface area contributed by atoms with Gasteiger partial charge in [-0.1, -0.05) is 19.9 Å².